The molecular formula is C21H29N5O7S. The van der Waals surface area contributed by atoms with Crippen LogP contribution in [0.25, 0.3) is 0 Å². The average molecular weight is 496 g/mol. The molecule has 0 bridgehead atoms. The molecule has 1 saturated carbocycles. The third-order valence-electron chi connectivity index (χ3n) is 6.32. The van der Waals surface area contributed by atoms with Crippen LogP contribution < -0.4 is 15.5 Å². The maximum atomic E-state index is 12.9. The van der Waals surface area contributed by atoms with Crippen LogP contribution in [0.5, 0.6) is 0 Å². The number of ether oxygens (including phenoxy) is 1. The number of morpholine rings is 1. The molecule has 1 aromatic carbocycles. The van der Waals surface area contributed by atoms with Crippen molar-refractivity contribution in [3.8, 4) is 0 Å². The van der Waals surface area contributed by atoms with Gasteiger partial charge in [-0.2, -0.15) is 4.31 Å². The molecule has 4 rings (SSSR count). The normalized spacial score (nSPS) is 20.1. The first kappa shape index (κ1) is 24.4. The highest BCUT2D eigenvalue weighted by Gasteiger charge is 2.32. The van der Waals surface area contributed by atoms with E-state index in [9.17, 15) is 28.1 Å². The Morgan fingerprint density at radius 1 is 1.09 bits per heavy atom. The summed E-state index contributed by atoms with van der Waals surface area (Å²) >= 11 is 0. The number of carbonyl (C=O) groups is 2. The van der Waals surface area contributed by atoms with Crippen molar-refractivity contribution < 1.29 is 27.7 Å². The maximum Gasteiger partial charge on any atom is 0.293 e. The summed E-state index contributed by atoms with van der Waals surface area (Å²) in [6.07, 6.45) is 2.90. The topological polar surface area (TPSA) is 151 Å². The van der Waals surface area contributed by atoms with Gasteiger partial charge in [0, 0.05) is 44.2 Å². The number of benzene rings is 1. The lowest BCUT2D eigenvalue weighted by Gasteiger charge is -2.33. The molecule has 2 N–H and O–H groups in total. The third-order valence-corrected chi connectivity index (χ3v) is 8.22. The Hall–Kier alpha value is -2.77. The van der Waals surface area contributed by atoms with Crippen molar-refractivity contribution in [3.05, 3.63) is 28.3 Å². The third kappa shape index (κ3) is 5.65. The van der Waals surface area contributed by atoms with Crippen LogP contribution in [0.4, 0.5) is 11.4 Å². The highest BCUT2D eigenvalue weighted by molar-refractivity contribution is 7.89. The predicted octanol–water partition coefficient (Wildman–Crippen LogP) is 0.227. The van der Waals surface area contributed by atoms with Gasteiger partial charge in [0.1, 0.15) is 5.69 Å². The number of hydrogen-bond acceptors (Lipinski definition) is 8. The molecule has 2 aliphatic heterocycles. The molecule has 13 heteroatoms. The van der Waals surface area contributed by atoms with E-state index in [1.54, 1.807) is 4.90 Å². The highest BCUT2D eigenvalue weighted by Crippen LogP contribution is 2.34. The average Bonchev–Trinajstić information content (AvgIpc) is 3.66. The van der Waals surface area contributed by atoms with Crippen molar-refractivity contribution in [1.82, 2.24) is 14.9 Å². The van der Waals surface area contributed by atoms with Gasteiger partial charge in [-0.1, -0.05) is 0 Å². The monoisotopic (exact) mass is 495 g/mol. The van der Waals surface area contributed by atoms with E-state index in [-0.39, 0.29) is 67.2 Å². The Labute approximate surface area is 197 Å². The smallest absolute Gasteiger partial charge is 0.293 e. The van der Waals surface area contributed by atoms with Crippen molar-refractivity contribution >= 4 is 33.2 Å². The minimum absolute atomic E-state index is 0.0555. The lowest BCUT2D eigenvalue weighted by atomic mass is 9.95. The van der Waals surface area contributed by atoms with Gasteiger partial charge in [0.2, 0.25) is 21.8 Å². The number of hydrogen-bond donors (Lipinski definition) is 2. The van der Waals surface area contributed by atoms with Crippen LogP contribution in [0, 0.1) is 16.0 Å². The number of amides is 2. The van der Waals surface area contributed by atoms with Crippen molar-refractivity contribution in [2.75, 3.05) is 50.8 Å². The molecule has 186 valence electrons. The minimum atomic E-state index is -3.86. The van der Waals surface area contributed by atoms with Gasteiger partial charge in [-0.3, -0.25) is 19.7 Å². The van der Waals surface area contributed by atoms with Gasteiger partial charge in [-0.15, -0.1) is 0 Å². The fourth-order valence-electron chi connectivity index (χ4n) is 4.21. The molecule has 2 heterocycles. The summed E-state index contributed by atoms with van der Waals surface area (Å²) in [4.78, 5) is 37.1. The standard InChI is InChI=1S/C21H29N5O7S/c27-20(23-16-1-2-16)14-22-21(28)15-5-7-24(8-6-15)18-4-3-17(13-19(18)26(29)30)34(31,32)25-9-11-33-12-10-25/h3-4,13,15-16H,1-2,5-12,14H2,(H,22,28)(H,23,27). The molecule has 3 aliphatic rings. The van der Waals surface area contributed by atoms with Crippen molar-refractivity contribution in [3.63, 3.8) is 0 Å². The van der Waals surface area contributed by atoms with E-state index in [0.29, 0.717) is 31.6 Å². The van der Waals surface area contributed by atoms with Gasteiger partial charge in [-0.05, 0) is 37.8 Å². The zero-order valence-electron chi connectivity index (χ0n) is 18.8. The molecule has 0 unspecified atom stereocenters. The second kappa shape index (κ2) is 10.2. The number of rotatable bonds is 8. The van der Waals surface area contributed by atoms with E-state index >= 15 is 0 Å². The molecule has 0 spiro atoms. The lowest BCUT2D eigenvalue weighted by Crippen LogP contribution is -2.44. The number of sulfonamides is 1. The van der Waals surface area contributed by atoms with Gasteiger partial charge in [0.15, 0.2) is 0 Å². The van der Waals surface area contributed by atoms with Crippen molar-refractivity contribution in [2.24, 2.45) is 5.92 Å². The van der Waals surface area contributed by atoms with Crippen LogP contribution in [0.15, 0.2) is 23.1 Å². The van der Waals surface area contributed by atoms with Gasteiger partial charge >= 0.3 is 0 Å². The van der Waals surface area contributed by atoms with E-state index in [0.717, 1.165) is 18.9 Å². The Morgan fingerprint density at radius 2 is 1.76 bits per heavy atom. The van der Waals surface area contributed by atoms with Crippen LogP contribution in [-0.4, -0.2) is 81.4 Å². The summed E-state index contributed by atoms with van der Waals surface area (Å²) in [6.45, 7) is 1.73. The van der Waals surface area contributed by atoms with Crippen LogP contribution in [0.3, 0.4) is 0 Å². The van der Waals surface area contributed by atoms with E-state index in [1.807, 2.05) is 0 Å². The minimum Gasteiger partial charge on any atom is -0.379 e. The van der Waals surface area contributed by atoms with Crippen LogP contribution >= 0.6 is 0 Å². The number of piperidine rings is 1. The summed E-state index contributed by atoms with van der Waals surface area (Å²) in [5, 5.41) is 17.3. The molecule has 0 atom stereocenters. The first-order chi connectivity index (χ1) is 16.3. The van der Waals surface area contributed by atoms with Crippen molar-refractivity contribution in [1.29, 1.82) is 0 Å². The molecule has 2 saturated heterocycles. The molecule has 34 heavy (non-hydrogen) atoms. The lowest BCUT2D eigenvalue weighted by molar-refractivity contribution is -0.384. The molecular weight excluding hydrogens is 466 g/mol. The quantitative estimate of drug-likeness (QED) is 0.384. The summed E-state index contributed by atoms with van der Waals surface area (Å²) in [5.41, 5.74) is 0.0441. The predicted molar refractivity (Wildman–Crippen MR) is 122 cm³/mol. The fourth-order valence-corrected chi connectivity index (χ4v) is 5.64. The summed E-state index contributed by atoms with van der Waals surface area (Å²) in [6, 6.07) is 4.20. The molecule has 1 aromatic rings. The Kier molecular flexibility index (Phi) is 7.33. The summed E-state index contributed by atoms with van der Waals surface area (Å²) in [5.74, 6) is -0.687. The van der Waals surface area contributed by atoms with Gasteiger partial charge in [0.25, 0.3) is 5.69 Å². The van der Waals surface area contributed by atoms with Crippen LogP contribution in [0.1, 0.15) is 25.7 Å². The number of nitro groups is 1. The zero-order valence-corrected chi connectivity index (χ0v) is 19.6. The fraction of sp³-hybridized carbons (Fsp3) is 0.619. The highest BCUT2D eigenvalue weighted by atomic mass is 32.2. The second-order valence-corrected chi connectivity index (χ2v) is 10.7. The largest absolute Gasteiger partial charge is 0.379 e. The van der Waals surface area contributed by atoms with Gasteiger partial charge in [-0.25, -0.2) is 8.42 Å². The van der Waals surface area contributed by atoms with Gasteiger partial charge in [0.05, 0.1) is 29.6 Å². The molecule has 2 amide bonds. The summed E-state index contributed by atoms with van der Waals surface area (Å²) < 4.78 is 32.3. The van der Waals surface area contributed by atoms with E-state index in [1.165, 1.54) is 16.4 Å². The SMILES string of the molecule is O=C(CNC(=O)C1CCN(c2ccc(S(=O)(=O)N3CCOCC3)cc2[N+](=O)[O-])CC1)NC1CC1. The van der Waals surface area contributed by atoms with Crippen LogP contribution in [-0.2, 0) is 24.3 Å². The molecule has 12 nitrogen and oxygen atoms in total. The zero-order chi connectivity index (χ0) is 24.3. The number of carbonyl (C=O) groups excluding carboxylic acids is 2. The first-order valence-electron chi connectivity index (χ1n) is 11.4. The van der Waals surface area contributed by atoms with E-state index in [2.05, 4.69) is 10.6 Å². The first-order valence-corrected chi connectivity index (χ1v) is 12.9. The Morgan fingerprint density at radius 3 is 2.38 bits per heavy atom. The van der Waals surface area contributed by atoms with E-state index in [4.69, 9.17) is 4.74 Å². The molecule has 0 radical (unpaired) electrons. The van der Waals surface area contributed by atoms with E-state index < -0.39 is 14.9 Å². The molecule has 0 aromatic heterocycles. The summed E-state index contributed by atoms with van der Waals surface area (Å²) in [7, 11) is -3.86. The Balaban J connectivity index is 1.38. The number of nitrogens with zero attached hydrogens (tertiary/aromatic N) is 3. The van der Waals surface area contributed by atoms with Gasteiger partial charge < -0.3 is 20.3 Å². The second-order valence-electron chi connectivity index (χ2n) is 8.75. The number of anilines is 1. The Bertz CT molecular complexity index is 1050. The number of nitrogens with one attached hydrogen (secondary N) is 2. The molecule has 3 fully saturated rings. The van der Waals surface area contributed by atoms with Crippen LogP contribution in [0.2, 0.25) is 0 Å². The maximum absolute atomic E-state index is 12.9. The number of nitro benzene ring substituents is 1. The molecule has 1 aliphatic carbocycles. The van der Waals surface area contributed by atoms with Crippen molar-refractivity contribution in [2.45, 2.75) is 36.6 Å².